The fraction of sp³-hybridized carbons (Fsp3) is 0.800. The summed E-state index contributed by atoms with van der Waals surface area (Å²) >= 11 is 0. The third-order valence-corrected chi connectivity index (χ3v) is 3.53. The summed E-state index contributed by atoms with van der Waals surface area (Å²) in [5, 5.41) is 11.7. The Morgan fingerprint density at radius 3 is 2.65 bits per heavy atom. The Morgan fingerprint density at radius 1 is 1.35 bits per heavy atom. The number of carbonyl (C=O) groups excluding carboxylic acids is 1. The van der Waals surface area contributed by atoms with Crippen LogP contribution in [0, 0.1) is 0 Å². The monoisotopic (exact) mass is 236 g/mol. The lowest BCUT2D eigenvalue weighted by Crippen LogP contribution is -2.63. The molecular weight excluding hydrogens is 220 g/mol. The second kappa shape index (κ2) is 4.15. The van der Waals surface area contributed by atoms with Crippen molar-refractivity contribution in [1.82, 2.24) is 30.0 Å². The van der Waals surface area contributed by atoms with Gasteiger partial charge in [-0.15, -0.1) is 10.2 Å². The van der Waals surface area contributed by atoms with Gasteiger partial charge in [0.25, 0.3) is 0 Å². The molecule has 0 N–H and O–H groups in total. The van der Waals surface area contributed by atoms with Gasteiger partial charge in [0, 0.05) is 32.7 Å². The summed E-state index contributed by atoms with van der Waals surface area (Å²) in [6, 6.07) is 0.0290. The van der Waals surface area contributed by atoms with Crippen molar-refractivity contribution in [3.05, 3.63) is 5.82 Å². The largest absolute Gasteiger partial charge is 0.299 e. The molecule has 0 amide bonds. The highest BCUT2D eigenvalue weighted by molar-refractivity contribution is 5.86. The minimum Gasteiger partial charge on any atom is -0.299 e. The molecule has 1 aromatic heterocycles. The van der Waals surface area contributed by atoms with Crippen LogP contribution in [0.2, 0.25) is 0 Å². The average molecular weight is 236 g/mol. The van der Waals surface area contributed by atoms with Crippen molar-refractivity contribution in [2.75, 3.05) is 32.7 Å². The molecule has 1 aromatic rings. The number of hydrogen-bond acceptors (Lipinski definition) is 6. The van der Waals surface area contributed by atoms with E-state index >= 15 is 0 Å². The summed E-state index contributed by atoms with van der Waals surface area (Å²) in [7, 11) is 1.71. The van der Waals surface area contributed by atoms with Gasteiger partial charge < -0.3 is 0 Å². The molecule has 0 spiro atoms. The van der Waals surface area contributed by atoms with Gasteiger partial charge in [0.1, 0.15) is 0 Å². The number of fused-ring (bicyclic) bond motifs is 3. The van der Waals surface area contributed by atoms with E-state index in [-0.39, 0.29) is 11.8 Å². The summed E-state index contributed by atoms with van der Waals surface area (Å²) in [5.41, 5.74) is 0. The first-order valence-corrected chi connectivity index (χ1v) is 5.94. The smallest absolute Gasteiger partial charge is 0.182 e. The minimum atomic E-state index is 0.0290. The normalized spacial score (nSPS) is 31.7. The Bertz CT molecular complexity index is 422. The number of tetrazole rings is 1. The van der Waals surface area contributed by atoms with Crippen molar-refractivity contribution in [2.24, 2.45) is 7.05 Å². The molecule has 7 heteroatoms. The van der Waals surface area contributed by atoms with Crippen molar-refractivity contribution in [3.63, 3.8) is 0 Å². The van der Waals surface area contributed by atoms with Crippen LogP contribution in [0.25, 0.3) is 0 Å². The molecule has 0 saturated carbocycles. The lowest BCUT2D eigenvalue weighted by molar-refractivity contribution is -0.128. The third kappa shape index (κ3) is 2.07. The van der Waals surface area contributed by atoms with Crippen molar-refractivity contribution >= 4 is 5.78 Å². The quantitative estimate of drug-likeness (QED) is 0.624. The Hall–Kier alpha value is -1.34. The number of nitrogens with zero attached hydrogens (tertiary/aromatic N) is 6. The van der Waals surface area contributed by atoms with Gasteiger partial charge in [0.2, 0.25) is 0 Å². The summed E-state index contributed by atoms with van der Waals surface area (Å²) in [5.74, 6) is 0.734. The molecule has 2 bridgehead atoms. The summed E-state index contributed by atoms with van der Waals surface area (Å²) in [4.78, 5) is 18.2. The van der Waals surface area contributed by atoms with Crippen molar-refractivity contribution in [3.8, 4) is 0 Å². The first-order valence-electron chi connectivity index (χ1n) is 5.94. The third-order valence-electron chi connectivity index (χ3n) is 3.53. The minimum absolute atomic E-state index is 0.0290. The van der Waals surface area contributed by atoms with Crippen LogP contribution >= 0.6 is 0 Å². The number of ketones is 1. The van der Waals surface area contributed by atoms with Gasteiger partial charge in [-0.1, -0.05) is 0 Å². The number of piperazine rings is 3. The first-order chi connectivity index (χ1) is 8.22. The van der Waals surface area contributed by atoms with E-state index in [9.17, 15) is 4.79 Å². The molecule has 3 saturated heterocycles. The predicted octanol–water partition coefficient (Wildman–Crippen LogP) is -1.68. The maximum Gasteiger partial charge on any atom is 0.182 e. The standard InChI is InChI=1S/C10H16N6O/c1-14-12-10(11-13-14)6-9(17)8-7-15-2-4-16(8)5-3-15/h8H,2-7H2,1H3. The van der Waals surface area contributed by atoms with E-state index in [0.29, 0.717) is 12.2 Å². The number of hydrogen-bond donors (Lipinski definition) is 0. The maximum absolute atomic E-state index is 12.2. The van der Waals surface area contributed by atoms with E-state index in [1.54, 1.807) is 7.05 Å². The van der Waals surface area contributed by atoms with Gasteiger partial charge in [0.15, 0.2) is 11.6 Å². The molecule has 1 atom stereocenters. The van der Waals surface area contributed by atoms with E-state index in [1.165, 1.54) is 4.80 Å². The summed E-state index contributed by atoms with van der Waals surface area (Å²) in [6.07, 6.45) is 0.294. The van der Waals surface area contributed by atoms with Gasteiger partial charge in [0.05, 0.1) is 19.5 Å². The van der Waals surface area contributed by atoms with E-state index in [1.807, 2.05) is 0 Å². The van der Waals surface area contributed by atoms with Gasteiger partial charge in [-0.3, -0.25) is 14.6 Å². The molecule has 4 heterocycles. The van der Waals surface area contributed by atoms with Gasteiger partial charge >= 0.3 is 0 Å². The van der Waals surface area contributed by atoms with Crippen molar-refractivity contribution in [1.29, 1.82) is 0 Å². The van der Waals surface area contributed by atoms with Crippen LogP contribution in [-0.2, 0) is 18.3 Å². The second-order valence-electron chi connectivity index (χ2n) is 4.69. The first kappa shape index (κ1) is 10.8. The zero-order valence-corrected chi connectivity index (χ0v) is 9.91. The number of Topliss-reactive ketones (excluding diaryl/α,β-unsaturated/α-hetero) is 1. The van der Waals surface area contributed by atoms with E-state index in [0.717, 1.165) is 32.7 Å². The molecule has 92 valence electrons. The number of carbonyl (C=O) groups is 1. The fourth-order valence-corrected chi connectivity index (χ4v) is 2.59. The van der Waals surface area contributed by atoms with Crippen molar-refractivity contribution in [2.45, 2.75) is 12.5 Å². The highest BCUT2D eigenvalue weighted by atomic mass is 16.1. The predicted molar refractivity (Wildman–Crippen MR) is 59.3 cm³/mol. The van der Waals surface area contributed by atoms with Crippen LogP contribution in [0.3, 0.4) is 0 Å². The Morgan fingerprint density at radius 2 is 2.12 bits per heavy atom. The number of aromatic nitrogens is 4. The summed E-state index contributed by atoms with van der Waals surface area (Å²) in [6.45, 7) is 5.05. The molecule has 3 aliphatic heterocycles. The van der Waals surface area contributed by atoms with Crippen LogP contribution in [0.15, 0.2) is 0 Å². The lowest BCUT2D eigenvalue weighted by Gasteiger charge is -2.46. The van der Waals surface area contributed by atoms with Gasteiger partial charge in [-0.25, -0.2) is 0 Å². The fourth-order valence-electron chi connectivity index (χ4n) is 2.59. The molecular formula is C10H16N6O. The highest BCUT2D eigenvalue weighted by Crippen LogP contribution is 2.17. The van der Waals surface area contributed by atoms with E-state index in [2.05, 4.69) is 25.2 Å². The molecule has 0 radical (unpaired) electrons. The van der Waals surface area contributed by atoms with Crippen LogP contribution in [0.1, 0.15) is 5.82 Å². The van der Waals surface area contributed by atoms with Crippen LogP contribution < -0.4 is 0 Å². The van der Waals surface area contributed by atoms with E-state index < -0.39 is 0 Å². The van der Waals surface area contributed by atoms with Crippen LogP contribution in [0.5, 0.6) is 0 Å². The van der Waals surface area contributed by atoms with Crippen molar-refractivity contribution < 1.29 is 4.79 Å². The SMILES string of the molecule is Cn1nnc(CC(=O)C2CN3CCN2CC3)n1. The van der Waals surface area contributed by atoms with E-state index in [4.69, 9.17) is 0 Å². The van der Waals surface area contributed by atoms with Crippen LogP contribution in [0.4, 0.5) is 0 Å². The van der Waals surface area contributed by atoms with Crippen LogP contribution in [-0.4, -0.2) is 74.6 Å². The van der Waals surface area contributed by atoms with Gasteiger partial charge in [-0.2, -0.15) is 4.80 Å². The molecule has 3 fully saturated rings. The molecule has 1 unspecified atom stereocenters. The average Bonchev–Trinajstić information content (AvgIpc) is 2.76. The zero-order chi connectivity index (χ0) is 11.8. The molecule has 7 nitrogen and oxygen atoms in total. The molecule has 4 rings (SSSR count). The molecule has 3 aliphatic rings. The topological polar surface area (TPSA) is 67.2 Å². The Labute approximate surface area is 99.4 Å². The Balaban J connectivity index is 1.66. The number of rotatable bonds is 3. The zero-order valence-electron chi connectivity index (χ0n) is 9.91. The maximum atomic E-state index is 12.2. The second-order valence-corrected chi connectivity index (χ2v) is 4.69. The molecule has 0 aliphatic carbocycles. The Kier molecular flexibility index (Phi) is 2.64. The number of aryl methyl sites for hydroxylation is 1. The molecule has 17 heavy (non-hydrogen) atoms. The lowest BCUT2D eigenvalue weighted by atomic mass is 10.0. The molecule has 0 aromatic carbocycles. The summed E-state index contributed by atoms with van der Waals surface area (Å²) < 4.78 is 0. The highest BCUT2D eigenvalue weighted by Gasteiger charge is 2.36. The van der Waals surface area contributed by atoms with Gasteiger partial charge in [-0.05, 0) is 5.21 Å².